The van der Waals surface area contributed by atoms with E-state index in [2.05, 4.69) is 9.97 Å². The molecule has 2 aromatic heterocycles. The van der Waals surface area contributed by atoms with E-state index in [9.17, 15) is 9.18 Å². The quantitative estimate of drug-likeness (QED) is 0.722. The van der Waals surface area contributed by atoms with E-state index in [1.165, 1.54) is 18.3 Å². The molecule has 1 aromatic carbocycles. The average molecular weight is 328 g/mol. The number of benzene rings is 1. The van der Waals surface area contributed by atoms with E-state index >= 15 is 0 Å². The monoisotopic (exact) mass is 328 g/mol. The molecule has 1 saturated carbocycles. The molecule has 7 heteroatoms. The molecule has 1 fully saturated rings. The van der Waals surface area contributed by atoms with Crippen LogP contribution in [0.4, 0.5) is 10.1 Å². The average Bonchev–Trinajstić information content (AvgIpc) is 3.16. The fraction of sp³-hybridized carbons (Fsp3) is 0.294. The number of nitrogens with two attached hydrogens (primary N) is 1. The van der Waals surface area contributed by atoms with Crippen LogP contribution < -0.4 is 16.2 Å². The molecule has 24 heavy (non-hydrogen) atoms. The van der Waals surface area contributed by atoms with E-state index in [4.69, 9.17) is 10.5 Å². The molecule has 6 nitrogen and oxygen atoms in total. The first-order chi connectivity index (χ1) is 11.6. The highest BCUT2D eigenvalue weighted by Gasteiger charge is 2.24. The van der Waals surface area contributed by atoms with Gasteiger partial charge in [-0.05, 0) is 25.0 Å². The van der Waals surface area contributed by atoms with Gasteiger partial charge in [-0.2, -0.15) is 0 Å². The van der Waals surface area contributed by atoms with Crippen LogP contribution >= 0.6 is 0 Å². The van der Waals surface area contributed by atoms with E-state index in [0.29, 0.717) is 22.6 Å². The summed E-state index contributed by atoms with van der Waals surface area (Å²) in [5.41, 5.74) is 6.70. The van der Waals surface area contributed by atoms with Crippen molar-refractivity contribution < 1.29 is 9.13 Å². The molecule has 0 radical (unpaired) electrons. The van der Waals surface area contributed by atoms with Crippen LogP contribution in [0.2, 0.25) is 0 Å². The summed E-state index contributed by atoms with van der Waals surface area (Å²) >= 11 is 0. The molecule has 0 saturated heterocycles. The molecule has 0 unspecified atom stereocenters. The number of nitrogens with one attached hydrogen (secondary N) is 1. The van der Waals surface area contributed by atoms with Crippen molar-refractivity contribution >= 4 is 16.9 Å². The van der Waals surface area contributed by atoms with E-state index in [1.54, 1.807) is 16.7 Å². The van der Waals surface area contributed by atoms with Crippen molar-refractivity contribution in [1.82, 2.24) is 14.5 Å². The van der Waals surface area contributed by atoms with Gasteiger partial charge in [-0.1, -0.05) is 12.8 Å². The van der Waals surface area contributed by atoms with Gasteiger partial charge < -0.3 is 10.5 Å². The molecule has 124 valence electrons. The second-order valence-electron chi connectivity index (χ2n) is 6.04. The maximum Gasteiger partial charge on any atom is 0.328 e. The summed E-state index contributed by atoms with van der Waals surface area (Å²) in [6, 6.07) is 6.00. The van der Waals surface area contributed by atoms with Crippen molar-refractivity contribution in [2.45, 2.75) is 31.7 Å². The van der Waals surface area contributed by atoms with Gasteiger partial charge in [0.2, 0.25) is 0 Å². The van der Waals surface area contributed by atoms with Gasteiger partial charge in [-0.3, -0.25) is 9.55 Å². The number of imidazole rings is 1. The molecule has 3 N–H and O–H groups in total. The standard InChI is InChI=1S/C17H17FN4O2/c18-12-9-10(19)5-6-13(12)24-14-7-8-20-16-15(14)22(17(23)21-16)11-3-1-2-4-11/h5-9,11H,1-4,19H2,(H,20,21,23). The van der Waals surface area contributed by atoms with Crippen LogP contribution in [0.5, 0.6) is 11.5 Å². The molecule has 0 spiro atoms. The maximum atomic E-state index is 14.0. The third-order valence-electron chi connectivity index (χ3n) is 4.44. The third kappa shape index (κ3) is 2.42. The molecule has 4 rings (SSSR count). The number of nitrogen functional groups attached to an aromatic ring is 1. The predicted octanol–water partition coefficient (Wildman–Crippen LogP) is 3.35. The highest BCUT2D eigenvalue weighted by Crippen LogP contribution is 2.35. The number of pyridine rings is 1. The van der Waals surface area contributed by atoms with Crippen LogP contribution in [0.25, 0.3) is 11.2 Å². The third-order valence-corrected chi connectivity index (χ3v) is 4.44. The normalized spacial score (nSPS) is 15.2. The van der Waals surface area contributed by atoms with Gasteiger partial charge in [0.25, 0.3) is 0 Å². The number of anilines is 1. The number of halogens is 1. The summed E-state index contributed by atoms with van der Waals surface area (Å²) in [5.74, 6) is -0.0949. The molecule has 0 bridgehead atoms. The van der Waals surface area contributed by atoms with Crippen molar-refractivity contribution in [2.75, 3.05) is 5.73 Å². The summed E-state index contributed by atoms with van der Waals surface area (Å²) in [6.45, 7) is 0. The van der Waals surface area contributed by atoms with Crippen molar-refractivity contribution in [3.05, 3.63) is 46.8 Å². The number of hydrogen-bond donors (Lipinski definition) is 2. The fourth-order valence-corrected chi connectivity index (χ4v) is 3.34. The predicted molar refractivity (Wildman–Crippen MR) is 88.7 cm³/mol. The minimum Gasteiger partial charge on any atom is -0.452 e. The molecule has 0 atom stereocenters. The molecular formula is C17H17FN4O2. The second-order valence-corrected chi connectivity index (χ2v) is 6.04. The number of fused-ring (bicyclic) bond motifs is 1. The van der Waals surface area contributed by atoms with Crippen molar-refractivity contribution in [3.8, 4) is 11.5 Å². The highest BCUT2D eigenvalue weighted by molar-refractivity contribution is 5.78. The number of rotatable bonds is 3. The largest absolute Gasteiger partial charge is 0.452 e. The minimum atomic E-state index is -0.551. The SMILES string of the molecule is Nc1ccc(Oc2ccnc3[nH]c(=O)n(C4CCCC4)c23)c(F)c1. The smallest absolute Gasteiger partial charge is 0.328 e. The Balaban J connectivity index is 1.84. The van der Waals surface area contributed by atoms with Crippen LogP contribution in [0.1, 0.15) is 31.7 Å². The number of nitrogens with zero attached hydrogens (tertiary/aromatic N) is 2. The Kier molecular flexibility index (Phi) is 3.48. The van der Waals surface area contributed by atoms with Crippen LogP contribution in [-0.4, -0.2) is 14.5 Å². The number of hydrogen-bond acceptors (Lipinski definition) is 4. The van der Waals surface area contributed by atoms with Gasteiger partial charge >= 0.3 is 5.69 Å². The zero-order valence-corrected chi connectivity index (χ0v) is 13.0. The topological polar surface area (TPSA) is 85.9 Å². The molecule has 3 aromatic rings. The lowest BCUT2D eigenvalue weighted by atomic mass is 10.2. The molecule has 2 heterocycles. The Labute approximate surface area is 137 Å². The van der Waals surface area contributed by atoms with E-state index in [-0.39, 0.29) is 17.5 Å². The maximum absolute atomic E-state index is 14.0. The summed E-state index contributed by atoms with van der Waals surface area (Å²) in [7, 11) is 0. The molecular weight excluding hydrogens is 311 g/mol. The van der Waals surface area contributed by atoms with Gasteiger partial charge in [-0.15, -0.1) is 0 Å². The molecule has 1 aliphatic rings. The van der Waals surface area contributed by atoms with Crippen LogP contribution in [-0.2, 0) is 0 Å². The Morgan fingerprint density at radius 2 is 2.04 bits per heavy atom. The number of aromatic nitrogens is 3. The zero-order valence-electron chi connectivity index (χ0n) is 13.0. The van der Waals surface area contributed by atoms with Gasteiger partial charge in [0.15, 0.2) is 23.0 Å². The number of H-pyrrole nitrogens is 1. The van der Waals surface area contributed by atoms with E-state index < -0.39 is 5.82 Å². The lowest BCUT2D eigenvalue weighted by molar-refractivity contribution is 0.439. The Hall–Kier alpha value is -2.83. The van der Waals surface area contributed by atoms with Crippen molar-refractivity contribution in [1.29, 1.82) is 0 Å². The Morgan fingerprint density at radius 3 is 2.79 bits per heavy atom. The fourth-order valence-electron chi connectivity index (χ4n) is 3.34. The van der Waals surface area contributed by atoms with E-state index in [0.717, 1.165) is 25.7 Å². The summed E-state index contributed by atoms with van der Waals surface area (Å²) < 4.78 is 21.5. The highest BCUT2D eigenvalue weighted by atomic mass is 19.1. The summed E-state index contributed by atoms with van der Waals surface area (Å²) in [6.07, 6.45) is 5.59. The second kappa shape index (κ2) is 5.67. The Morgan fingerprint density at radius 1 is 1.25 bits per heavy atom. The lowest BCUT2D eigenvalue weighted by Crippen LogP contribution is -2.20. The van der Waals surface area contributed by atoms with Crippen molar-refractivity contribution in [3.63, 3.8) is 0 Å². The number of ether oxygens (including phenoxy) is 1. The zero-order chi connectivity index (χ0) is 16.7. The first kappa shape index (κ1) is 14.7. The van der Waals surface area contributed by atoms with Crippen molar-refractivity contribution in [2.24, 2.45) is 0 Å². The first-order valence-corrected chi connectivity index (χ1v) is 7.95. The number of aromatic amines is 1. The van der Waals surface area contributed by atoms with E-state index in [1.807, 2.05) is 0 Å². The van der Waals surface area contributed by atoms with Crippen LogP contribution in [0.3, 0.4) is 0 Å². The summed E-state index contributed by atoms with van der Waals surface area (Å²) in [5, 5.41) is 0. The molecule has 1 aliphatic carbocycles. The molecule has 0 amide bonds. The summed E-state index contributed by atoms with van der Waals surface area (Å²) in [4.78, 5) is 19.3. The Bertz CT molecular complexity index is 957. The van der Waals surface area contributed by atoms with Gasteiger partial charge in [0.05, 0.1) is 0 Å². The van der Waals surface area contributed by atoms with Gasteiger partial charge in [0.1, 0.15) is 5.52 Å². The van der Waals surface area contributed by atoms with Gasteiger partial charge in [-0.25, -0.2) is 14.2 Å². The lowest BCUT2D eigenvalue weighted by Gasteiger charge is -2.14. The van der Waals surface area contributed by atoms with Crippen LogP contribution in [0, 0.1) is 5.82 Å². The van der Waals surface area contributed by atoms with Gasteiger partial charge in [0, 0.05) is 30.1 Å². The first-order valence-electron chi connectivity index (χ1n) is 7.95. The minimum absolute atomic E-state index is 0.0586. The van der Waals surface area contributed by atoms with Crippen LogP contribution in [0.15, 0.2) is 35.3 Å². The molecule has 0 aliphatic heterocycles.